The zero-order valence-corrected chi connectivity index (χ0v) is 9.63. The molecular weight excluding hydrogens is 218 g/mol. The van der Waals surface area contributed by atoms with Gasteiger partial charge in [-0.3, -0.25) is 0 Å². The Balaban J connectivity index is 1.95. The Morgan fingerprint density at radius 1 is 1.47 bits per heavy atom. The second-order valence-corrected chi connectivity index (χ2v) is 4.12. The number of nitrogens with one attached hydrogen (secondary N) is 1. The summed E-state index contributed by atoms with van der Waals surface area (Å²) in [4.78, 5) is 18.4. The number of rotatable bonds is 3. The maximum atomic E-state index is 12.0. The van der Waals surface area contributed by atoms with Crippen molar-refractivity contribution in [1.29, 1.82) is 0 Å². The number of likely N-dealkylation sites (tertiary alicyclic amines) is 1. The number of nitrogens with zero attached hydrogens (tertiary/aromatic N) is 1. The molecule has 1 aromatic rings. The predicted octanol–water partition coefficient (Wildman–Crippen LogP) is 1.57. The quantitative estimate of drug-likeness (QED) is 0.781. The van der Waals surface area contributed by atoms with Crippen LogP contribution in [0.5, 0.6) is 0 Å². The fraction of sp³-hybridized carbons (Fsp3) is 0.417. The van der Waals surface area contributed by atoms with Crippen molar-refractivity contribution in [2.45, 2.75) is 18.9 Å². The number of urea groups is 1. The number of carbonyl (C=O) groups is 1. The second-order valence-electron chi connectivity index (χ2n) is 4.12. The van der Waals surface area contributed by atoms with E-state index in [2.05, 4.69) is 10.2 Å². The lowest BCUT2D eigenvalue weighted by Gasteiger charge is -2.24. The van der Waals surface area contributed by atoms with Crippen molar-refractivity contribution in [3.8, 4) is 0 Å². The van der Waals surface area contributed by atoms with E-state index in [0.717, 1.165) is 25.1 Å². The number of hydrogen-bond donors (Lipinski definition) is 2. The zero-order chi connectivity index (χ0) is 12.1. The normalized spacial score (nSPS) is 19.4. The van der Waals surface area contributed by atoms with Gasteiger partial charge in [-0.25, -0.2) is 10.7 Å². The van der Waals surface area contributed by atoms with Crippen LogP contribution in [-0.2, 0) is 4.84 Å². The summed E-state index contributed by atoms with van der Waals surface area (Å²) in [7, 11) is 0. The molecule has 0 spiro atoms. The third kappa shape index (κ3) is 2.95. The summed E-state index contributed by atoms with van der Waals surface area (Å²) in [5.74, 6) is 5.06. The highest BCUT2D eigenvalue weighted by Gasteiger charge is 2.28. The topological polar surface area (TPSA) is 67.6 Å². The smallest absolute Gasteiger partial charge is 0.319 e. The van der Waals surface area contributed by atoms with E-state index >= 15 is 0 Å². The van der Waals surface area contributed by atoms with E-state index in [-0.39, 0.29) is 12.1 Å². The number of anilines is 1. The van der Waals surface area contributed by atoms with E-state index in [1.54, 1.807) is 4.90 Å². The zero-order valence-electron chi connectivity index (χ0n) is 9.63. The molecule has 0 saturated carbocycles. The molecule has 1 heterocycles. The lowest BCUT2D eigenvalue weighted by molar-refractivity contribution is 0.0895. The molecule has 1 aromatic carbocycles. The number of carbonyl (C=O) groups excluding carboxylic acids is 1. The number of amides is 2. The largest absolute Gasteiger partial charge is 0.322 e. The van der Waals surface area contributed by atoms with Crippen molar-refractivity contribution in [2.75, 3.05) is 18.5 Å². The van der Waals surface area contributed by atoms with Crippen LogP contribution in [0.3, 0.4) is 0 Å². The van der Waals surface area contributed by atoms with Crippen molar-refractivity contribution in [2.24, 2.45) is 5.90 Å². The highest BCUT2D eigenvalue weighted by molar-refractivity contribution is 5.89. The fourth-order valence-corrected chi connectivity index (χ4v) is 2.10. The van der Waals surface area contributed by atoms with Crippen molar-refractivity contribution >= 4 is 11.7 Å². The third-order valence-corrected chi connectivity index (χ3v) is 2.95. The first-order valence-electron chi connectivity index (χ1n) is 5.75. The van der Waals surface area contributed by atoms with Gasteiger partial charge >= 0.3 is 6.03 Å². The van der Waals surface area contributed by atoms with Gasteiger partial charge in [0.25, 0.3) is 0 Å². The Morgan fingerprint density at radius 2 is 2.24 bits per heavy atom. The molecule has 3 N–H and O–H groups in total. The molecule has 2 rings (SSSR count). The van der Waals surface area contributed by atoms with E-state index in [4.69, 9.17) is 5.90 Å². The minimum absolute atomic E-state index is 0.0868. The molecule has 2 amide bonds. The average Bonchev–Trinajstić information content (AvgIpc) is 2.79. The van der Waals surface area contributed by atoms with E-state index in [9.17, 15) is 4.79 Å². The van der Waals surface area contributed by atoms with Gasteiger partial charge in [0.1, 0.15) is 0 Å². The molecule has 1 aliphatic rings. The minimum atomic E-state index is -0.0873. The van der Waals surface area contributed by atoms with Gasteiger partial charge in [0.05, 0.1) is 12.6 Å². The first-order valence-corrected chi connectivity index (χ1v) is 5.75. The summed E-state index contributed by atoms with van der Waals surface area (Å²) in [6, 6.07) is 9.42. The molecule has 0 aliphatic carbocycles. The van der Waals surface area contributed by atoms with Crippen LogP contribution >= 0.6 is 0 Å². The standard InChI is InChI=1S/C12H17N3O2/c13-17-9-11-7-4-8-15(11)12(16)14-10-5-2-1-3-6-10/h1-3,5-6,11H,4,7-9,13H2,(H,14,16). The molecule has 92 valence electrons. The third-order valence-electron chi connectivity index (χ3n) is 2.95. The van der Waals surface area contributed by atoms with E-state index < -0.39 is 0 Å². The molecule has 1 unspecified atom stereocenters. The molecule has 5 nitrogen and oxygen atoms in total. The Bertz CT molecular complexity index is 369. The molecular formula is C12H17N3O2. The fourth-order valence-electron chi connectivity index (χ4n) is 2.10. The summed E-state index contributed by atoms with van der Waals surface area (Å²) in [6.07, 6.45) is 1.94. The summed E-state index contributed by atoms with van der Waals surface area (Å²) >= 11 is 0. The molecule has 17 heavy (non-hydrogen) atoms. The van der Waals surface area contributed by atoms with E-state index in [0.29, 0.717) is 6.61 Å². The first-order chi connectivity index (χ1) is 8.31. The van der Waals surface area contributed by atoms with Gasteiger partial charge in [-0.2, -0.15) is 0 Å². The maximum absolute atomic E-state index is 12.0. The van der Waals surface area contributed by atoms with E-state index in [1.165, 1.54) is 0 Å². The minimum Gasteiger partial charge on any atom is -0.319 e. The second kappa shape index (κ2) is 5.65. The van der Waals surface area contributed by atoms with Crippen molar-refractivity contribution in [3.05, 3.63) is 30.3 Å². The Kier molecular flexibility index (Phi) is 3.95. The molecule has 0 aromatic heterocycles. The molecule has 1 aliphatic heterocycles. The van der Waals surface area contributed by atoms with Gasteiger partial charge < -0.3 is 15.1 Å². The number of benzene rings is 1. The van der Waals surface area contributed by atoms with Gasteiger partial charge in [0, 0.05) is 12.2 Å². The Labute approximate surface area is 100 Å². The number of nitrogens with two attached hydrogens (primary N) is 1. The lowest BCUT2D eigenvalue weighted by Crippen LogP contribution is -2.41. The molecule has 0 radical (unpaired) electrons. The molecule has 0 bridgehead atoms. The van der Waals surface area contributed by atoms with Crippen molar-refractivity contribution in [3.63, 3.8) is 0 Å². The molecule has 1 atom stereocenters. The van der Waals surface area contributed by atoms with Gasteiger partial charge in [0.15, 0.2) is 0 Å². The lowest BCUT2D eigenvalue weighted by atomic mass is 10.2. The van der Waals surface area contributed by atoms with Crippen LogP contribution < -0.4 is 11.2 Å². The maximum Gasteiger partial charge on any atom is 0.322 e. The summed E-state index contributed by atoms with van der Waals surface area (Å²) in [5, 5.41) is 2.86. The summed E-state index contributed by atoms with van der Waals surface area (Å²) in [5.41, 5.74) is 0.803. The van der Waals surface area contributed by atoms with Crippen LogP contribution in [0.4, 0.5) is 10.5 Å². The predicted molar refractivity (Wildman–Crippen MR) is 65.3 cm³/mol. The van der Waals surface area contributed by atoms with Crippen LogP contribution in [-0.4, -0.2) is 30.1 Å². The van der Waals surface area contributed by atoms with Crippen LogP contribution in [0.2, 0.25) is 0 Å². The number of hydrogen-bond acceptors (Lipinski definition) is 3. The van der Waals surface area contributed by atoms with Gasteiger partial charge in [0.2, 0.25) is 0 Å². The van der Waals surface area contributed by atoms with E-state index in [1.807, 2.05) is 30.3 Å². The Hall–Kier alpha value is -1.59. The average molecular weight is 235 g/mol. The summed E-state index contributed by atoms with van der Waals surface area (Å²) < 4.78 is 0. The highest BCUT2D eigenvalue weighted by atomic mass is 16.6. The molecule has 5 heteroatoms. The van der Waals surface area contributed by atoms with Gasteiger partial charge in [-0.1, -0.05) is 18.2 Å². The highest BCUT2D eigenvalue weighted by Crippen LogP contribution is 2.18. The van der Waals surface area contributed by atoms with Crippen LogP contribution in [0.15, 0.2) is 30.3 Å². The van der Waals surface area contributed by atoms with Crippen LogP contribution in [0.25, 0.3) is 0 Å². The van der Waals surface area contributed by atoms with Crippen LogP contribution in [0, 0.1) is 0 Å². The van der Waals surface area contributed by atoms with Gasteiger partial charge in [-0.05, 0) is 25.0 Å². The monoisotopic (exact) mass is 235 g/mol. The summed E-state index contributed by atoms with van der Waals surface area (Å²) in [6.45, 7) is 1.15. The SMILES string of the molecule is NOCC1CCCN1C(=O)Nc1ccccc1. The molecule has 1 saturated heterocycles. The van der Waals surface area contributed by atoms with Gasteiger partial charge in [-0.15, -0.1) is 0 Å². The first kappa shape index (κ1) is 11.9. The molecule has 1 fully saturated rings. The van der Waals surface area contributed by atoms with Crippen molar-refractivity contribution in [1.82, 2.24) is 4.90 Å². The number of para-hydroxylation sites is 1. The van der Waals surface area contributed by atoms with Crippen molar-refractivity contribution < 1.29 is 9.63 Å². The van der Waals surface area contributed by atoms with Crippen LogP contribution in [0.1, 0.15) is 12.8 Å². The Morgan fingerprint density at radius 3 is 2.94 bits per heavy atom.